The second kappa shape index (κ2) is 3.58. The Morgan fingerprint density at radius 3 is 2.50 bits per heavy atom. The molecule has 0 fully saturated rings. The van der Waals surface area contributed by atoms with Gasteiger partial charge >= 0.3 is 0 Å². The highest BCUT2D eigenvalue weighted by Gasteiger charge is 2.21. The topological polar surface area (TPSA) is 49.9 Å². The average Bonchev–Trinajstić information content (AvgIpc) is 2.57. The number of rotatable bonds is 1. The molecule has 3 nitrogen and oxygen atoms in total. The summed E-state index contributed by atoms with van der Waals surface area (Å²) in [6, 6.07) is 0.812. The first-order chi connectivity index (χ1) is 7.32. The zero-order valence-corrected chi connectivity index (χ0v) is 9.72. The van der Waals surface area contributed by atoms with E-state index in [4.69, 9.17) is 22.3 Å². The van der Waals surface area contributed by atoms with Crippen LogP contribution in [0.25, 0.3) is 10.9 Å². The Bertz CT molecular complexity index is 681. The summed E-state index contributed by atoms with van der Waals surface area (Å²) < 4.78 is 48.7. The van der Waals surface area contributed by atoms with Crippen molar-refractivity contribution < 1.29 is 17.2 Å². The molecule has 0 saturated carbocycles. The van der Waals surface area contributed by atoms with Crippen LogP contribution in [0.2, 0.25) is 5.02 Å². The fraction of sp³-hybridized carbons (Fsp3) is 0. The molecule has 1 aromatic heterocycles. The largest absolute Gasteiger partial charge is 0.357 e. The van der Waals surface area contributed by atoms with Crippen LogP contribution < -0.4 is 0 Å². The lowest BCUT2D eigenvalue weighted by Gasteiger charge is -1.99. The van der Waals surface area contributed by atoms with Crippen LogP contribution in [0, 0.1) is 11.6 Å². The summed E-state index contributed by atoms with van der Waals surface area (Å²) in [5.41, 5.74) is -0.203. The summed E-state index contributed by atoms with van der Waals surface area (Å²) >= 11 is 5.33. The Labute approximate surface area is 98.4 Å². The Morgan fingerprint density at radius 2 is 1.94 bits per heavy atom. The summed E-state index contributed by atoms with van der Waals surface area (Å²) in [6.45, 7) is 0. The van der Waals surface area contributed by atoms with Crippen molar-refractivity contribution in [2.75, 3.05) is 0 Å². The van der Waals surface area contributed by atoms with E-state index in [1.165, 1.54) is 0 Å². The van der Waals surface area contributed by atoms with Crippen molar-refractivity contribution in [3.05, 3.63) is 28.9 Å². The van der Waals surface area contributed by atoms with E-state index in [2.05, 4.69) is 4.98 Å². The molecular weight excluding hydrogens is 283 g/mol. The number of halogens is 4. The normalized spacial score (nSPS) is 12.2. The molecule has 0 unspecified atom stereocenters. The first kappa shape index (κ1) is 11.6. The minimum Gasteiger partial charge on any atom is -0.357 e. The van der Waals surface area contributed by atoms with E-state index < -0.39 is 30.6 Å². The van der Waals surface area contributed by atoms with Crippen LogP contribution in [-0.4, -0.2) is 13.4 Å². The molecule has 0 amide bonds. The molecule has 2 aromatic rings. The molecule has 0 aliphatic heterocycles. The number of aromatic nitrogens is 1. The number of aromatic amines is 1. The van der Waals surface area contributed by atoms with E-state index in [1.807, 2.05) is 0 Å². The van der Waals surface area contributed by atoms with Gasteiger partial charge in [0.2, 0.25) is 0 Å². The van der Waals surface area contributed by atoms with Gasteiger partial charge in [0.1, 0.15) is 15.7 Å². The van der Waals surface area contributed by atoms with Crippen LogP contribution in [0.1, 0.15) is 0 Å². The molecule has 0 aliphatic carbocycles. The maximum absolute atomic E-state index is 13.4. The predicted octanol–water partition coefficient (Wildman–Crippen LogP) is 3.03. The predicted molar refractivity (Wildman–Crippen MR) is 56.3 cm³/mol. The van der Waals surface area contributed by atoms with Gasteiger partial charge < -0.3 is 4.98 Å². The Morgan fingerprint density at radius 1 is 1.31 bits per heavy atom. The molecule has 86 valence electrons. The van der Waals surface area contributed by atoms with Crippen molar-refractivity contribution in [1.82, 2.24) is 4.98 Å². The lowest BCUT2D eigenvalue weighted by Crippen LogP contribution is -1.90. The van der Waals surface area contributed by atoms with E-state index in [1.54, 1.807) is 0 Å². The molecule has 0 aliphatic rings. The molecule has 1 heterocycles. The smallest absolute Gasteiger partial charge is 0.263 e. The third kappa shape index (κ3) is 1.66. The van der Waals surface area contributed by atoms with E-state index in [-0.39, 0.29) is 10.9 Å². The molecule has 1 aromatic carbocycles. The van der Waals surface area contributed by atoms with E-state index in [0.717, 1.165) is 12.3 Å². The monoisotopic (exact) mass is 285 g/mol. The van der Waals surface area contributed by atoms with Gasteiger partial charge in [0.25, 0.3) is 9.05 Å². The minimum atomic E-state index is -4.07. The van der Waals surface area contributed by atoms with E-state index >= 15 is 0 Å². The van der Waals surface area contributed by atoms with Crippen LogP contribution in [-0.2, 0) is 9.05 Å². The average molecular weight is 286 g/mol. The molecule has 2 rings (SSSR count). The van der Waals surface area contributed by atoms with Gasteiger partial charge in [-0.1, -0.05) is 11.6 Å². The Hall–Kier alpha value is -0.850. The molecular formula is C8H3Cl2F2NO2S. The summed E-state index contributed by atoms with van der Waals surface area (Å²) in [5.74, 6) is -2.10. The quantitative estimate of drug-likeness (QED) is 0.647. The van der Waals surface area contributed by atoms with Crippen molar-refractivity contribution in [1.29, 1.82) is 0 Å². The summed E-state index contributed by atoms with van der Waals surface area (Å²) in [5, 5.41) is -0.873. The minimum absolute atomic E-state index is 0.172. The zero-order valence-electron chi connectivity index (χ0n) is 7.39. The van der Waals surface area contributed by atoms with Gasteiger partial charge in [0, 0.05) is 22.3 Å². The SMILES string of the molecule is O=S(=O)(Cl)c1c[nH]c2c(F)c(Cl)c(F)cc12. The summed E-state index contributed by atoms with van der Waals surface area (Å²) in [7, 11) is 1.03. The molecule has 0 bridgehead atoms. The molecule has 0 atom stereocenters. The first-order valence-electron chi connectivity index (χ1n) is 3.91. The van der Waals surface area contributed by atoms with E-state index in [9.17, 15) is 17.2 Å². The summed E-state index contributed by atoms with van der Waals surface area (Å²) in [4.78, 5) is 1.95. The van der Waals surface area contributed by atoms with Gasteiger partial charge in [0.15, 0.2) is 5.82 Å². The van der Waals surface area contributed by atoms with E-state index in [0.29, 0.717) is 0 Å². The third-order valence-corrected chi connectivity index (χ3v) is 3.75. The van der Waals surface area contributed by atoms with Crippen LogP contribution in [0.5, 0.6) is 0 Å². The second-order valence-electron chi connectivity index (χ2n) is 3.00. The number of H-pyrrole nitrogens is 1. The fourth-order valence-corrected chi connectivity index (χ4v) is 2.50. The van der Waals surface area contributed by atoms with Gasteiger partial charge in [-0.3, -0.25) is 0 Å². The van der Waals surface area contributed by atoms with Gasteiger partial charge in [0.05, 0.1) is 5.52 Å². The van der Waals surface area contributed by atoms with Crippen LogP contribution >= 0.6 is 22.3 Å². The van der Waals surface area contributed by atoms with Crippen molar-refractivity contribution in [2.45, 2.75) is 4.90 Å². The number of fused-ring (bicyclic) bond motifs is 1. The Balaban J connectivity index is 2.95. The van der Waals surface area contributed by atoms with Gasteiger partial charge in [-0.05, 0) is 6.07 Å². The number of hydrogen-bond acceptors (Lipinski definition) is 2. The van der Waals surface area contributed by atoms with Gasteiger partial charge in [-0.25, -0.2) is 17.2 Å². The van der Waals surface area contributed by atoms with Crippen LogP contribution in [0.3, 0.4) is 0 Å². The molecule has 8 heteroatoms. The lowest BCUT2D eigenvalue weighted by atomic mass is 10.2. The van der Waals surface area contributed by atoms with Crippen molar-refractivity contribution >= 4 is 42.2 Å². The highest BCUT2D eigenvalue weighted by Crippen LogP contribution is 2.32. The summed E-state index contributed by atoms with van der Waals surface area (Å²) in [6.07, 6.45) is 0.978. The maximum Gasteiger partial charge on any atom is 0.263 e. The fourth-order valence-electron chi connectivity index (χ4n) is 1.35. The lowest BCUT2D eigenvalue weighted by molar-refractivity contribution is 0.591. The highest BCUT2D eigenvalue weighted by atomic mass is 35.7. The van der Waals surface area contributed by atoms with Crippen LogP contribution in [0.15, 0.2) is 17.2 Å². The molecule has 0 radical (unpaired) electrons. The number of benzene rings is 1. The third-order valence-electron chi connectivity index (χ3n) is 2.04. The van der Waals surface area contributed by atoms with Crippen molar-refractivity contribution in [3.63, 3.8) is 0 Å². The van der Waals surface area contributed by atoms with Crippen molar-refractivity contribution in [3.8, 4) is 0 Å². The van der Waals surface area contributed by atoms with Gasteiger partial charge in [-0.2, -0.15) is 0 Å². The zero-order chi connectivity index (χ0) is 12.1. The van der Waals surface area contributed by atoms with Crippen molar-refractivity contribution in [2.24, 2.45) is 0 Å². The number of hydrogen-bond donors (Lipinski definition) is 1. The maximum atomic E-state index is 13.4. The molecule has 1 N–H and O–H groups in total. The molecule has 0 spiro atoms. The van der Waals surface area contributed by atoms with Crippen LogP contribution in [0.4, 0.5) is 8.78 Å². The number of nitrogens with one attached hydrogen (secondary N) is 1. The Kier molecular flexibility index (Phi) is 2.60. The first-order valence-corrected chi connectivity index (χ1v) is 6.60. The molecule has 0 saturated heterocycles. The second-order valence-corrected chi connectivity index (χ2v) is 5.91. The standard InChI is InChI=1S/C8H3Cl2F2NO2S/c9-6-4(11)1-3-5(16(10,14)15)2-13-8(3)7(6)12/h1-2,13H. The highest BCUT2D eigenvalue weighted by molar-refractivity contribution is 8.14. The van der Waals surface area contributed by atoms with Gasteiger partial charge in [-0.15, -0.1) is 0 Å². The molecule has 16 heavy (non-hydrogen) atoms.